The van der Waals surface area contributed by atoms with Gasteiger partial charge in [-0.2, -0.15) is 0 Å². The van der Waals surface area contributed by atoms with Gasteiger partial charge in [0.2, 0.25) is 15.9 Å². The number of primary sulfonamides is 1. The van der Waals surface area contributed by atoms with E-state index in [4.69, 9.17) is 9.88 Å². The monoisotopic (exact) mass is 377 g/mol. The van der Waals surface area contributed by atoms with Gasteiger partial charge in [0.05, 0.1) is 29.7 Å². The highest BCUT2D eigenvalue weighted by Gasteiger charge is 2.18. The van der Waals surface area contributed by atoms with Gasteiger partial charge in [-0.05, 0) is 34.1 Å². The van der Waals surface area contributed by atoms with Crippen molar-refractivity contribution in [2.75, 3.05) is 25.0 Å². The van der Waals surface area contributed by atoms with Crippen molar-refractivity contribution in [1.82, 2.24) is 5.32 Å². The number of rotatable bonds is 4. The van der Waals surface area contributed by atoms with E-state index >= 15 is 0 Å². The molecule has 2 rings (SSSR count). The molecule has 4 N–H and O–H groups in total. The van der Waals surface area contributed by atoms with Gasteiger partial charge < -0.3 is 15.4 Å². The van der Waals surface area contributed by atoms with Crippen LogP contribution in [0.2, 0.25) is 0 Å². The fourth-order valence-corrected chi connectivity index (χ4v) is 3.10. The molecule has 9 heteroatoms. The molecule has 0 aliphatic carbocycles. The van der Waals surface area contributed by atoms with E-state index in [1.54, 1.807) is 0 Å². The van der Waals surface area contributed by atoms with Crippen LogP contribution in [0.4, 0.5) is 5.69 Å². The highest BCUT2D eigenvalue weighted by molar-refractivity contribution is 9.10. The third kappa shape index (κ3) is 4.75. The molecule has 1 aliphatic rings. The van der Waals surface area contributed by atoms with Crippen LogP contribution in [0, 0.1) is 0 Å². The van der Waals surface area contributed by atoms with Crippen molar-refractivity contribution >= 4 is 37.5 Å². The van der Waals surface area contributed by atoms with Gasteiger partial charge in [0.15, 0.2) is 0 Å². The molecule has 0 saturated carbocycles. The molecule has 1 fully saturated rings. The van der Waals surface area contributed by atoms with Crippen LogP contribution in [0.5, 0.6) is 0 Å². The summed E-state index contributed by atoms with van der Waals surface area (Å²) < 4.78 is 28.4. The molecule has 1 amide bonds. The zero-order valence-corrected chi connectivity index (χ0v) is 13.5. The van der Waals surface area contributed by atoms with Crippen molar-refractivity contribution < 1.29 is 17.9 Å². The Bertz CT molecular complexity index is 629. The minimum atomic E-state index is -3.76. The number of hydrogen-bond donors (Lipinski definition) is 3. The maximum Gasteiger partial charge on any atom is 0.238 e. The molecule has 21 heavy (non-hydrogen) atoms. The van der Waals surface area contributed by atoms with E-state index in [-0.39, 0.29) is 23.3 Å². The van der Waals surface area contributed by atoms with E-state index in [0.717, 1.165) is 6.54 Å². The Labute approximate surface area is 131 Å². The summed E-state index contributed by atoms with van der Waals surface area (Å²) in [5.41, 5.74) is 0.483. The summed E-state index contributed by atoms with van der Waals surface area (Å²) in [4.78, 5) is 11.9. The smallest absolute Gasteiger partial charge is 0.238 e. The minimum Gasteiger partial charge on any atom is -0.375 e. The number of anilines is 1. The zero-order valence-electron chi connectivity index (χ0n) is 11.1. The summed E-state index contributed by atoms with van der Waals surface area (Å²) in [7, 11) is -3.76. The highest BCUT2D eigenvalue weighted by atomic mass is 79.9. The molecule has 1 aromatic rings. The van der Waals surface area contributed by atoms with Gasteiger partial charge in [0, 0.05) is 17.6 Å². The molecule has 7 nitrogen and oxygen atoms in total. The molecule has 1 aromatic carbocycles. The second kappa shape index (κ2) is 6.84. The molecule has 116 valence electrons. The Morgan fingerprint density at radius 1 is 1.52 bits per heavy atom. The van der Waals surface area contributed by atoms with Gasteiger partial charge in [-0.3, -0.25) is 4.79 Å². The Morgan fingerprint density at radius 2 is 2.29 bits per heavy atom. The summed E-state index contributed by atoms with van der Waals surface area (Å²) in [5, 5.41) is 10.9. The highest BCUT2D eigenvalue weighted by Crippen LogP contribution is 2.25. The SMILES string of the molecule is NS(=O)(=O)c1ccc(NC(=O)CC2CNCCO2)c(Br)c1. The number of amides is 1. The van der Waals surface area contributed by atoms with Gasteiger partial charge in [-0.1, -0.05) is 0 Å². The number of hydrogen-bond acceptors (Lipinski definition) is 5. The summed E-state index contributed by atoms with van der Waals surface area (Å²) >= 11 is 3.21. The lowest BCUT2D eigenvalue weighted by Gasteiger charge is -2.23. The lowest BCUT2D eigenvalue weighted by atomic mass is 10.2. The van der Waals surface area contributed by atoms with Crippen molar-refractivity contribution in [2.24, 2.45) is 5.14 Å². The largest absolute Gasteiger partial charge is 0.375 e. The molecule has 0 bridgehead atoms. The first-order valence-corrected chi connectivity index (χ1v) is 8.65. The fraction of sp³-hybridized carbons (Fsp3) is 0.417. The van der Waals surface area contributed by atoms with E-state index in [0.29, 0.717) is 23.3 Å². The number of sulfonamides is 1. The number of halogens is 1. The Morgan fingerprint density at radius 3 is 2.86 bits per heavy atom. The molecule has 0 radical (unpaired) electrons. The van der Waals surface area contributed by atoms with Gasteiger partial charge in [-0.25, -0.2) is 13.6 Å². The Hall–Kier alpha value is -1.00. The number of nitrogens with one attached hydrogen (secondary N) is 2. The quantitative estimate of drug-likeness (QED) is 0.703. The Kier molecular flexibility index (Phi) is 5.33. The molecule has 1 unspecified atom stereocenters. The van der Waals surface area contributed by atoms with E-state index in [1.807, 2.05) is 0 Å². The van der Waals surface area contributed by atoms with Crippen LogP contribution in [-0.2, 0) is 19.6 Å². The average Bonchev–Trinajstić information content (AvgIpc) is 2.41. The number of benzene rings is 1. The van der Waals surface area contributed by atoms with Crippen molar-refractivity contribution in [3.8, 4) is 0 Å². The number of nitrogens with two attached hydrogens (primary N) is 1. The van der Waals surface area contributed by atoms with Crippen molar-refractivity contribution in [1.29, 1.82) is 0 Å². The van der Waals surface area contributed by atoms with Crippen molar-refractivity contribution in [3.63, 3.8) is 0 Å². The third-order valence-corrected chi connectivity index (χ3v) is 4.53. The van der Waals surface area contributed by atoms with Crippen molar-refractivity contribution in [2.45, 2.75) is 17.4 Å². The maximum atomic E-state index is 11.9. The molecule has 0 spiro atoms. The molecular formula is C12H16BrN3O4S. The normalized spacial score (nSPS) is 19.2. The standard InChI is InChI=1S/C12H16BrN3O4S/c13-10-6-9(21(14,18)19)1-2-11(10)16-12(17)5-8-7-15-3-4-20-8/h1-2,6,8,15H,3-5,7H2,(H,16,17)(H2,14,18,19). The van der Waals surface area contributed by atoms with Gasteiger partial charge in [-0.15, -0.1) is 0 Å². The van der Waals surface area contributed by atoms with Crippen LogP contribution in [0.1, 0.15) is 6.42 Å². The van der Waals surface area contributed by atoms with Crippen molar-refractivity contribution in [3.05, 3.63) is 22.7 Å². The van der Waals surface area contributed by atoms with Gasteiger partial charge >= 0.3 is 0 Å². The predicted molar refractivity (Wildman–Crippen MR) is 81.4 cm³/mol. The second-order valence-corrected chi connectivity index (χ2v) is 7.05. The van der Waals surface area contributed by atoms with Crippen LogP contribution in [-0.4, -0.2) is 40.1 Å². The topological polar surface area (TPSA) is 111 Å². The maximum absolute atomic E-state index is 11.9. The predicted octanol–water partition coefficient (Wildman–Crippen LogP) is 0.413. The van der Waals surface area contributed by atoms with Crippen LogP contribution >= 0.6 is 15.9 Å². The first-order chi connectivity index (χ1) is 9.86. The summed E-state index contributed by atoms with van der Waals surface area (Å²) in [6.45, 7) is 2.02. The van der Waals surface area contributed by atoms with Crippen LogP contribution < -0.4 is 15.8 Å². The summed E-state index contributed by atoms with van der Waals surface area (Å²) in [5.74, 6) is -0.201. The number of carbonyl (C=O) groups is 1. The number of carbonyl (C=O) groups excluding carboxylic acids is 1. The zero-order chi connectivity index (χ0) is 15.5. The lowest BCUT2D eigenvalue weighted by Crippen LogP contribution is -2.40. The number of morpholine rings is 1. The summed E-state index contributed by atoms with van der Waals surface area (Å²) in [6, 6.07) is 4.18. The first-order valence-electron chi connectivity index (χ1n) is 6.31. The van der Waals surface area contributed by atoms with Crippen LogP contribution in [0.25, 0.3) is 0 Å². The van der Waals surface area contributed by atoms with E-state index in [1.165, 1.54) is 18.2 Å². The van der Waals surface area contributed by atoms with Crippen LogP contribution in [0.15, 0.2) is 27.6 Å². The van der Waals surface area contributed by atoms with E-state index in [2.05, 4.69) is 26.6 Å². The van der Waals surface area contributed by atoms with Gasteiger partial charge in [0.1, 0.15) is 0 Å². The molecule has 1 saturated heterocycles. The molecule has 1 heterocycles. The van der Waals surface area contributed by atoms with Gasteiger partial charge in [0.25, 0.3) is 0 Å². The minimum absolute atomic E-state index is 0.0211. The lowest BCUT2D eigenvalue weighted by molar-refractivity contribution is -0.119. The van der Waals surface area contributed by atoms with E-state index in [9.17, 15) is 13.2 Å². The Balaban J connectivity index is 2.00. The number of ether oxygens (including phenoxy) is 1. The molecule has 1 aliphatic heterocycles. The fourth-order valence-electron chi connectivity index (χ4n) is 1.93. The third-order valence-electron chi connectivity index (χ3n) is 2.96. The molecule has 0 aromatic heterocycles. The van der Waals surface area contributed by atoms with Crippen LogP contribution in [0.3, 0.4) is 0 Å². The van der Waals surface area contributed by atoms with E-state index < -0.39 is 10.0 Å². The summed E-state index contributed by atoms with van der Waals surface area (Å²) in [6.07, 6.45) is 0.0809. The molecular weight excluding hydrogens is 362 g/mol. The first kappa shape index (κ1) is 16.4. The average molecular weight is 378 g/mol. The molecule has 1 atom stereocenters. The second-order valence-electron chi connectivity index (χ2n) is 4.64.